The Bertz CT molecular complexity index is 1710. The van der Waals surface area contributed by atoms with Crippen molar-refractivity contribution in [3.05, 3.63) is 60.2 Å². The maximum atomic E-state index is 15.8. The van der Waals surface area contributed by atoms with Crippen LogP contribution in [-0.2, 0) is 22.5 Å². The minimum atomic E-state index is -1.34. The molecule has 13 heteroatoms. The zero-order chi connectivity index (χ0) is 29.4. The number of pyridine rings is 1. The van der Waals surface area contributed by atoms with Gasteiger partial charge in [-0.15, -0.1) is 0 Å². The van der Waals surface area contributed by atoms with Gasteiger partial charge in [-0.3, -0.25) is 4.68 Å². The van der Waals surface area contributed by atoms with Gasteiger partial charge >= 0.3 is 25.0 Å². The number of hydrogen-bond acceptors (Lipinski definition) is 8. The van der Waals surface area contributed by atoms with Crippen LogP contribution in [0.3, 0.4) is 0 Å². The molecule has 218 valence electrons. The summed E-state index contributed by atoms with van der Waals surface area (Å²) in [6.07, 6.45) is 6.16. The van der Waals surface area contributed by atoms with Gasteiger partial charge in [-0.05, 0) is 45.7 Å². The Kier molecular flexibility index (Phi) is 7.05. The van der Waals surface area contributed by atoms with Gasteiger partial charge in [0.1, 0.15) is 23.0 Å². The number of aromatic nitrogens is 5. The molecule has 0 aliphatic carbocycles. The molecule has 1 amide bonds. The summed E-state index contributed by atoms with van der Waals surface area (Å²) in [5.41, 5.74) is 1.77. The quantitative estimate of drug-likeness (QED) is 0.298. The third kappa shape index (κ3) is 5.06. The first-order valence-corrected chi connectivity index (χ1v) is 14.1. The van der Waals surface area contributed by atoms with E-state index in [1.165, 1.54) is 10.9 Å². The first kappa shape index (κ1) is 29.2. The van der Waals surface area contributed by atoms with E-state index in [9.17, 15) is 14.7 Å². The average Bonchev–Trinajstić information content (AvgIpc) is 3.60. The topological polar surface area (TPSA) is 121 Å². The Morgan fingerprint density at radius 2 is 1.86 bits per heavy atom. The van der Waals surface area contributed by atoms with E-state index in [2.05, 4.69) is 20.0 Å². The van der Waals surface area contributed by atoms with Crippen LogP contribution >= 0.6 is 0 Å². The maximum absolute atomic E-state index is 15.8. The van der Waals surface area contributed by atoms with Crippen molar-refractivity contribution in [1.29, 1.82) is 0 Å². The smallest absolute Gasteiger partial charge is 0.547 e. The van der Waals surface area contributed by atoms with Crippen LogP contribution in [0, 0.1) is 11.2 Å². The Morgan fingerprint density at radius 3 is 2.53 bits per heavy atom. The number of fused-ring (bicyclic) bond motifs is 2. The molecule has 0 bridgehead atoms. The number of imidazole rings is 1. The number of rotatable bonds is 5. The fourth-order valence-electron chi connectivity index (χ4n) is 6.38. The van der Waals surface area contributed by atoms with Gasteiger partial charge in [0, 0.05) is 72.7 Å². The van der Waals surface area contributed by atoms with Crippen LogP contribution in [0.15, 0.2) is 43.0 Å². The van der Waals surface area contributed by atoms with Crippen molar-refractivity contribution in [3.8, 4) is 11.1 Å². The van der Waals surface area contributed by atoms with Crippen LogP contribution in [0.1, 0.15) is 44.6 Å². The number of amides is 1. The van der Waals surface area contributed by atoms with E-state index in [1.54, 1.807) is 29.6 Å². The Labute approximate surface area is 259 Å². The number of nitrogens with zero attached hydrogens (tertiary/aromatic N) is 7. The summed E-state index contributed by atoms with van der Waals surface area (Å²) in [6, 6.07) is 5.81. The van der Waals surface area contributed by atoms with Crippen LogP contribution in [0.5, 0.6) is 0 Å². The van der Waals surface area contributed by atoms with Crippen LogP contribution in [0.2, 0.25) is 0 Å². The second-order valence-corrected chi connectivity index (χ2v) is 12.7. The van der Waals surface area contributed by atoms with Crippen LogP contribution in [-0.4, -0.2) is 73.1 Å². The van der Waals surface area contributed by atoms with Crippen molar-refractivity contribution in [2.45, 2.75) is 51.8 Å². The summed E-state index contributed by atoms with van der Waals surface area (Å²) in [6.45, 7) is 9.27. The molecular formula is C30H31FLiN7O4. The Hall–Kier alpha value is -3.88. The van der Waals surface area contributed by atoms with Crippen molar-refractivity contribution < 1.29 is 42.7 Å². The summed E-state index contributed by atoms with van der Waals surface area (Å²) in [5.74, 6) is -1.10. The summed E-state index contributed by atoms with van der Waals surface area (Å²) < 4.78 is 24.4. The minimum absolute atomic E-state index is 0. The number of halogens is 1. The monoisotopic (exact) mass is 579 g/mol. The number of carboxylic acids is 1. The molecule has 43 heavy (non-hydrogen) atoms. The van der Waals surface area contributed by atoms with Crippen LogP contribution in [0.4, 0.5) is 15.0 Å². The van der Waals surface area contributed by atoms with Gasteiger partial charge in [0.05, 0.1) is 18.0 Å². The fraction of sp³-hybridized carbons (Fsp3) is 0.433. The molecule has 0 saturated carbocycles. The molecule has 0 N–H and O–H groups in total. The predicted molar refractivity (Wildman–Crippen MR) is 149 cm³/mol. The van der Waals surface area contributed by atoms with E-state index in [0.717, 1.165) is 44.0 Å². The minimum Gasteiger partial charge on any atom is -0.547 e. The van der Waals surface area contributed by atoms with E-state index < -0.39 is 23.4 Å². The van der Waals surface area contributed by atoms with E-state index in [-0.39, 0.29) is 35.9 Å². The van der Waals surface area contributed by atoms with Gasteiger partial charge in [-0.25, -0.2) is 19.2 Å². The molecule has 4 aromatic rings. The van der Waals surface area contributed by atoms with E-state index in [0.29, 0.717) is 35.3 Å². The second-order valence-electron chi connectivity index (χ2n) is 12.7. The molecule has 2 fully saturated rings. The van der Waals surface area contributed by atoms with Gasteiger partial charge in [0.2, 0.25) is 0 Å². The van der Waals surface area contributed by atoms with Crippen LogP contribution < -0.4 is 28.9 Å². The normalized spacial score (nSPS) is 17.7. The first-order valence-electron chi connectivity index (χ1n) is 14.1. The number of carboxylic acid groups (broad SMARTS) is 1. The number of likely N-dealkylation sites (tertiary alicyclic amines) is 1. The molecule has 11 nitrogen and oxygen atoms in total. The van der Waals surface area contributed by atoms with Gasteiger partial charge in [0.15, 0.2) is 5.82 Å². The average molecular weight is 580 g/mol. The predicted octanol–water partition coefficient (Wildman–Crippen LogP) is -0.219. The summed E-state index contributed by atoms with van der Waals surface area (Å²) in [5, 5.41) is 17.0. The van der Waals surface area contributed by atoms with Gasteiger partial charge < -0.3 is 29.0 Å². The SMILES string of the molecule is CC(C)(C)OC(=O)N1CC2(C1)CN(c1ccc(-c3ccc4cn(C(C(=O)[O-])c5ncn6c5CCC6)nc4c3F)cn1)C2.[Li+]. The van der Waals surface area contributed by atoms with Crippen molar-refractivity contribution in [2.75, 3.05) is 31.1 Å². The zero-order valence-electron chi connectivity index (χ0n) is 24.7. The molecule has 0 radical (unpaired) electrons. The number of carbonyl (C=O) groups is 2. The molecule has 3 aliphatic rings. The largest absolute Gasteiger partial charge is 1.00 e. The van der Waals surface area contributed by atoms with Crippen molar-refractivity contribution in [1.82, 2.24) is 29.2 Å². The maximum Gasteiger partial charge on any atom is 1.00 e. The van der Waals surface area contributed by atoms with Crippen molar-refractivity contribution >= 4 is 28.8 Å². The molecule has 2 saturated heterocycles. The van der Waals surface area contributed by atoms with Gasteiger partial charge in [0.25, 0.3) is 0 Å². The number of aliphatic carboxylic acids is 1. The fourth-order valence-corrected chi connectivity index (χ4v) is 6.38. The number of benzene rings is 1. The molecule has 1 atom stereocenters. The van der Waals surface area contributed by atoms with Crippen LogP contribution in [0.25, 0.3) is 22.0 Å². The first-order chi connectivity index (χ1) is 20.0. The van der Waals surface area contributed by atoms with Gasteiger partial charge in [-0.1, -0.05) is 12.1 Å². The number of anilines is 1. The molecule has 1 unspecified atom stereocenters. The molecule has 6 heterocycles. The van der Waals surface area contributed by atoms with E-state index >= 15 is 4.39 Å². The van der Waals surface area contributed by atoms with Crippen molar-refractivity contribution in [2.24, 2.45) is 5.41 Å². The van der Waals surface area contributed by atoms with Crippen molar-refractivity contribution in [3.63, 3.8) is 0 Å². The van der Waals surface area contributed by atoms with E-state index in [1.807, 2.05) is 37.5 Å². The number of carbonyl (C=O) groups excluding carboxylic acids is 2. The molecule has 1 spiro atoms. The van der Waals surface area contributed by atoms with E-state index in [4.69, 9.17) is 4.74 Å². The zero-order valence-corrected chi connectivity index (χ0v) is 24.7. The summed E-state index contributed by atoms with van der Waals surface area (Å²) in [4.78, 5) is 37.2. The molecule has 1 aromatic carbocycles. The molecule has 7 rings (SSSR count). The molecular weight excluding hydrogens is 548 g/mol. The Balaban J connectivity index is 0.00000329. The number of aryl methyl sites for hydroxylation is 1. The standard InChI is InChI=1S/C30H32FN7O4.Li/c1-29(2,3)42-28(41)37-15-30(16-37)13-36(14-30)22-9-7-18(11-32-22)20-8-6-19-12-38(34-24(19)23(20)31)26(27(39)40)25-21-5-4-10-35(21)17-33-25;/h6-9,11-12,17,26H,4-5,10,13-16H2,1-3H3,(H,39,40);/q;+1/p-1. The second kappa shape index (κ2) is 10.4. The molecule has 3 aromatic heterocycles. The summed E-state index contributed by atoms with van der Waals surface area (Å²) in [7, 11) is 0. The number of hydrogen-bond donors (Lipinski definition) is 0. The third-order valence-electron chi connectivity index (χ3n) is 8.31. The van der Waals surface area contributed by atoms with Gasteiger partial charge in [-0.2, -0.15) is 5.10 Å². The Morgan fingerprint density at radius 1 is 1.09 bits per heavy atom. The third-order valence-corrected chi connectivity index (χ3v) is 8.31. The molecule has 3 aliphatic heterocycles. The number of ether oxygens (including phenoxy) is 1. The summed E-state index contributed by atoms with van der Waals surface area (Å²) >= 11 is 0.